The molecule has 0 spiro atoms. The predicted molar refractivity (Wildman–Crippen MR) is 184 cm³/mol. The van der Waals surface area contributed by atoms with Crippen molar-refractivity contribution in [1.29, 1.82) is 0 Å². The van der Waals surface area contributed by atoms with Crippen LogP contribution in [0.25, 0.3) is 11.1 Å². The summed E-state index contributed by atoms with van der Waals surface area (Å²) in [7, 11) is 0. The van der Waals surface area contributed by atoms with Crippen molar-refractivity contribution in [3.63, 3.8) is 0 Å². The van der Waals surface area contributed by atoms with Crippen LogP contribution in [0.5, 0.6) is 5.75 Å². The highest BCUT2D eigenvalue weighted by Crippen LogP contribution is 2.36. The number of carbonyl (C=O) groups excluding carboxylic acids is 2. The molecule has 0 aromatic heterocycles. The predicted octanol–water partition coefficient (Wildman–Crippen LogP) is 6.39. The molecule has 1 aliphatic rings. The van der Waals surface area contributed by atoms with Gasteiger partial charge in [0.25, 0.3) is 0 Å². The first-order valence-electron chi connectivity index (χ1n) is 16.3. The van der Waals surface area contributed by atoms with Crippen LogP contribution in [-0.4, -0.2) is 53.5 Å². The van der Waals surface area contributed by atoms with E-state index in [0.29, 0.717) is 26.0 Å². The van der Waals surface area contributed by atoms with Gasteiger partial charge in [-0.1, -0.05) is 72.8 Å². The van der Waals surface area contributed by atoms with Gasteiger partial charge >= 0.3 is 12.1 Å². The average Bonchev–Trinajstić information content (AvgIpc) is 3.10. The zero-order valence-corrected chi connectivity index (χ0v) is 27.4. The molecule has 3 N–H and O–H groups in total. The van der Waals surface area contributed by atoms with Gasteiger partial charge in [0.15, 0.2) is 6.10 Å². The highest BCUT2D eigenvalue weighted by atomic mass is 16.5. The fourth-order valence-corrected chi connectivity index (χ4v) is 6.03. The maximum absolute atomic E-state index is 13.4. The molecule has 0 unspecified atom stereocenters. The van der Waals surface area contributed by atoms with Crippen molar-refractivity contribution in [1.82, 2.24) is 5.32 Å². The van der Waals surface area contributed by atoms with Crippen LogP contribution in [0.2, 0.25) is 0 Å². The molecule has 4 aromatic carbocycles. The summed E-state index contributed by atoms with van der Waals surface area (Å²) in [6.07, 6.45) is 0.195. The summed E-state index contributed by atoms with van der Waals surface area (Å²) in [5.41, 5.74) is 7.77. The number of nitrogens with zero attached hydrogens (tertiary/aromatic N) is 1. The van der Waals surface area contributed by atoms with Gasteiger partial charge in [-0.15, -0.1) is 0 Å². The minimum atomic E-state index is -1.80. The van der Waals surface area contributed by atoms with E-state index in [1.807, 2.05) is 72.5 Å². The summed E-state index contributed by atoms with van der Waals surface area (Å²) in [6.45, 7) is 5.18. The standard InChI is InChI=1S/C39H42N2O7/c1-26-11-6-19-35(27(26)2)47-22-10-20-36(42)41-21-9-17-32-31(16-8-18-34(32)41)30-15-7-14-29(23-30)25-48-39(46)40-33(37(43)38(44)45)24-28-12-4-3-5-13-28/h3-8,11-16,18-19,23,33,37,43H,9-10,17,20-22,24-25H2,1-2H3,(H,40,46)(H,44,45)/t33-,37-/m1/s1. The fraction of sp³-hybridized carbons (Fsp3) is 0.308. The van der Waals surface area contributed by atoms with Gasteiger partial charge in [0.2, 0.25) is 5.91 Å². The Labute approximate surface area is 281 Å². The van der Waals surface area contributed by atoms with Gasteiger partial charge in [-0.3, -0.25) is 4.79 Å². The number of benzene rings is 4. The number of amides is 2. The maximum Gasteiger partial charge on any atom is 0.407 e. The highest BCUT2D eigenvalue weighted by Gasteiger charge is 2.28. The quantitative estimate of drug-likeness (QED) is 0.143. The summed E-state index contributed by atoms with van der Waals surface area (Å²) < 4.78 is 11.4. The second-order valence-corrected chi connectivity index (χ2v) is 12.1. The number of rotatable bonds is 13. The third-order valence-electron chi connectivity index (χ3n) is 8.74. The first-order valence-corrected chi connectivity index (χ1v) is 16.3. The molecule has 2 amide bonds. The maximum atomic E-state index is 13.4. The van der Waals surface area contributed by atoms with Crippen molar-refractivity contribution in [2.75, 3.05) is 18.1 Å². The van der Waals surface area contributed by atoms with Crippen LogP contribution in [0.15, 0.2) is 91.0 Å². The number of aliphatic carboxylic acids is 1. The number of aliphatic hydroxyl groups is 1. The van der Waals surface area contributed by atoms with E-state index in [9.17, 15) is 24.6 Å². The Morgan fingerprint density at radius 2 is 1.67 bits per heavy atom. The average molecular weight is 651 g/mol. The fourth-order valence-electron chi connectivity index (χ4n) is 6.03. The lowest BCUT2D eigenvalue weighted by Gasteiger charge is -2.31. The Bertz CT molecular complexity index is 1740. The number of anilines is 1. The zero-order chi connectivity index (χ0) is 34.0. The van der Waals surface area contributed by atoms with Gasteiger partial charge in [0.1, 0.15) is 12.4 Å². The van der Waals surface area contributed by atoms with Crippen molar-refractivity contribution in [2.45, 2.75) is 64.7 Å². The molecule has 5 rings (SSSR count). The number of fused-ring (bicyclic) bond motifs is 1. The molecule has 48 heavy (non-hydrogen) atoms. The van der Waals surface area contributed by atoms with E-state index in [2.05, 4.69) is 18.3 Å². The minimum Gasteiger partial charge on any atom is -0.493 e. The topological polar surface area (TPSA) is 125 Å². The molecule has 1 aliphatic heterocycles. The molecular formula is C39H42N2O7. The highest BCUT2D eigenvalue weighted by molar-refractivity contribution is 5.96. The first-order chi connectivity index (χ1) is 23.2. The number of alkyl carbamates (subject to hydrolysis) is 1. The molecule has 4 aromatic rings. The van der Waals surface area contributed by atoms with Gasteiger partial charge in [-0.25, -0.2) is 9.59 Å². The van der Waals surface area contributed by atoms with Crippen LogP contribution in [0, 0.1) is 13.8 Å². The van der Waals surface area contributed by atoms with Crippen molar-refractivity contribution in [2.24, 2.45) is 0 Å². The summed E-state index contributed by atoms with van der Waals surface area (Å²) >= 11 is 0. The largest absolute Gasteiger partial charge is 0.493 e. The summed E-state index contributed by atoms with van der Waals surface area (Å²) in [6, 6.07) is 27.6. The van der Waals surface area contributed by atoms with Crippen molar-refractivity contribution in [3.05, 3.63) is 119 Å². The number of hydrogen-bond acceptors (Lipinski definition) is 6. The monoisotopic (exact) mass is 650 g/mol. The lowest BCUT2D eigenvalue weighted by Crippen LogP contribution is -2.48. The smallest absolute Gasteiger partial charge is 0.407 e. The Morgan fingerprint density at radius 3 is 2.46 bits per heavy atom. The van der Waals surface area contributed by atoms with Gasteiger partial charge < -0.3 is 29.9 Å². The third kappa shape index (κ3) is 8.60. The number of hydrogen-bond donors (Lipinski definition) is 3. The van der Waals surface area contributed by atoms with Crippen LogP contribution in [0.3, 0.4) is 0 Å². The van der Waals surface area contributed by atoms with E-state index >= 15 is 0 Å². The zero-order valence-electron chi connectivity index (χ0n) is 27.4. The number of aliphatic hydroxyl groups excluding tert-OH is 1. The van der Waals surface area contributed by atoms with E-state index in [1.54, 1.807) is 24.3 Å². The molecule has 9 heteroatoms. The molecule has 250 valence electrons. The number of carboxylic acids is 1. The van der Waals surface area contributed by atoms with Gasteiger partial charge in [-0.05, 0) is 96.7 Å². The van der Waals surface area contributed by atoms with E-state index in [-0.39, 0.29) is 18.9 Å². The van der Waals surface area contributed by atoms with Gasteiger partial charge in [0.05, 0.1) is 12.6 Å². The number of carboxylic acid groups (broad SMARTS) is 1. The number of ether oxygens (including phenoxy) is 2. The van der Waals surface area contributed by atoms with E-state index in [1.165, 1.54) is 5.56 Å². The van der Waals surface area contributed by atoms with E-state index < -0.39 is 24.2 Å². The lowest BCUT2D eigenvalue weighted by molar-refractivity contribution is -0.148. The molecule has 0 fully saturated rings. The summed E-state index contributed by atoms with van der Waals surface area (Å²) in [4.78, 5) is 39.4. The van der Waals surface area contributed by atoms with Crippen LogP contribution in [-0.2, 0) is 33.8 Å². The molecule has 0 saturated heterocycles. The Balaban J connectivity index is 1.21. The van der Waals surface area contributed by atoms with Crippen molar-refractivity contribution >= 4 is 23.7 Å². The molecule has 9 nitrogen and oxygen atoms in total. The van der Waals surface area contributed by atoms with Gasteiger partial charge in [0, 0.05) is 18.7 Å². The Kier molecular flexibility index (Phi) is 11.5. The van der Waals surface area contributed by atoms with Crippen LogP contribution < -0.4 is 15.0 Å². The van der Waals surface area contributed by atoms with E-state index in [0.717, 1.165) is 57.7 Å². The first kappa shape index (κ1) is 34.2. The number of nitrogens with one attached hydrogen (secondary N) is 1. The SMILES string of the molecule is Cc1cccc(OCCCC(=O)N2CCCc3c(-c4cccc(COC(=O)N[C@H](Cc5ccccc5)[C@@H](O)C(=O)O)c4)cccc32)c1C. The third-order valence-corrected chi connectivity index (χ3v) is 8.74. The lowest BCUT2D eigenvalue weighted by atomic mass is 9.91. The number of carbonyl (C=O) groups is 3. The Hall–Kier alpha value is -5.15. The molecule has 0 saturated carbocycles. The normalized spacial score (nSPS) is 13.6. The van der Waals surface area contributed by atoms with Crippen LogP contribution in [0.4, 0.5) is 10.5 Å². The number of aryl methyl sites for hydroxylation is 1. The van der Waals surface area contributed by atoms with Crippen LogP contribution in [0.1, 0.15) is 47.1 Å². The molecule has 0 bridgehead atoms. The van der Waals surface area contributed by atoms with Gasteiger partial charge in [-0.2, -0.15) is 0 Å². The molecule has 0 radical (unpaired) electrons. The molecule has 2 atom stereocenters. The van der Waals surface area contributed by atoms with Crippen molar-refractivity contribution in [3.8, 4) is 16.9 Å². The summed E-state index contributed by atoms with van der Waals surface area (Å²) in [5, 5.41) is 22.1. The molecule has 1 heterocycles. The molecular weight excluding hydrogens is 608 g/mol. The minimum absolute atomic E-state index is 0.0509. The summed E-state index contributed by atoms with van der Waals surface area (Å²) in [5.74, 6) is -0.505. The molecule has 0 aliphatic carbocycles. The second-order valence-electron chi connectivity index (χ2n) is 12.1. The van der Waals surface area contributed by atoms with Crippen LogP contribution >= 0.6 is 0 Å². The Morgan fingerprint density at radius 1 is 0.917 bits per heavy atom. The second kappa shape index (κ2) is 16.1. The van der Waals surface area contributed by atoms with E-state index in [4.69, 9.17) is 9.47 Å². The van der Waals surface area contributed by atoms with Crippen molar-refractivity contribution < 1.29 is 34.1 Å².